The van der Waals surface area contributed by atoms with Gasteiger partial charge in [0.05, 0.1) is 0 Å². The topological polar surface area (TPSA) is 15.3 Å². The molecule has 0 spiro atoms. The molecule has 0 bridgehead atoms. The molecule has 1 N–H and O–H groups in total. The summed E-state index contributed by atoms with van der Waals surface area (Å²) in [6.07, 6.45) is 7.24. The molecule has 2 nitrogen and oxygen atoms in total. The Morgan fingerprint density at radius 3 is 2.94 bits per heavy atom. The van der Waals surface area contributed by atoms with Crippen molar-refractivity contribution in [2.45, 2.75) is 45.1 Å². The lowest BCUT2D eigenvalue weighted by molar-refractivity contribution is 0.194. The fourth-order valence-electron chi connectivity index (χ4n) is 3.34. The van der Waals surface area contributed by atoms with Crippen molar-refractivity contribution in [2.75, 3.05) is 26.2 Å². The van der Waals surface area contributed by atoms with Gasteiger partial charge in [0.1, 0.15) is 0 Å². The maximum Gasteiger partial charge on any atom is 0.0205 e. The fourth-order valence-corrected chi connectivity index (χ4v) is 3.34. The second kappa shape index (κ2) is 5.83. The third-order valence-electron chi connectivity index (χ3n) is 4.18. The van der Waals surface area contributed by atoms with Crippen LogP contribution < -0.4 is 5.32 Å². The van der Waals surface area contributed by atoms with Gasteiger partial charge in [0.2, 0.25) is 0 Å². The molecular weight excluding hydrogens is 196 g/mol. The Hall–Kier alpha value is -0.340. The van der Waals surface area contributed by atoms with Gasteiger partial charge in [-0.25, -0.2) is 0 Å². The van der Waals surface area contributed by atoms with Crippen LogP contribution in [0.2, 0.25) is 0 Å². The van der Waals surface area contributed by atoms with Crippen LogP contribution in [0.5, 0.6) is 0 Å². The van der Waals surface area contributed by atoms with E-state index in [9.17, 15) is 0 Å². The highest BCUT2D eigenvalue weighted by Gasteiger charge is 2.35. The van der Waals surface area contributed by atoms with Crippen molar-refractivity contribution in [1.82, 2.24) is 10.2 Å². The van der Waals surface area contributed by atoms with Gasteiger partial charge in [0, 0.05) is 19.1 Å². The molecule has 0 amide bonds. The van der Waals surface area contributed by atoms with Gasteiger partial charge in [-0.2, -0.15) is 0 Å². The predicted molar refractivity (Wildman–Crippen MR) is 69.6 cm³/mol. The maximum absolute atomic E-state index is 4.19. The SMILES string of the molecule is C=C(CNCC)CN1CCC2CCCCC21. The zero-order valence-corrected chi connectivity index (χ0v) is 10.7. The van der Waals surface area contributed by atoms with Gasteiger partial charge in [0.25, 0.3) is 0 Å². The van der Waals surface area contributed by atoms with Crippen LogP contribution in [-0.2, 0) is 0 Å². The highest BCUT2D eigenvalue weighted by molar-refractivity contribution is 5.03. The number of nitrogens with zero attached hydrogens (tertiary/aromatic N) is 1. The van der Waals surface area contributed by atoms with E-state index in [0.717, 1.165) is 31.6 Å². The van der Waals surface area contributed by atoms with Crippen molar-refractivity contribution in [1.29, 1.82) is 0 Å². The van der Waals surface area contributed by atoms with E-state index in [1.165, 1.54) is 44.2 Å². The Balaban J connectivity index is 1.79. The van der Waals surface area contributed by atoms with Crippen molar-refractivity contribution in [3.8, 4) is 0 Å². The first-order valence-electron chi connectivity index (χ1n) is 6.92. The quantitative estimate of drug-likeness (QED) is 0.719. The first kappa shape index (κ1) is 12.1. The molecule has 2 fully saturated rings. The van der Waals surface area contributed by atoms with Crippen LogP contribution in [0, 0.1) is 5.92 Å². The third kappa shape index (κ3) is 2.86. The molecule has 16 heavy (non-hydrogen) atoms. The largest absolute Gasteiger partial charge is 0.313 e. The molecule has 0 aromatic heterocycles. The monoisotopic (exact) mass is 222 g/mol. The maximum atomic E-state index is 4.19. The van der Waals surface area contributed by atoms with E-state index in [1.807, 2.05) is 0 Å². The lowest BCUT2D eigenvalue weighted by Crippen LogP contribution is -2.37. The van der Waals surface area contributed by atoms with E-state index < -0.39 is 0 Å². The van der Waals surface area contributed by atoms with E-state index in [-0.39, 0.29) is 0 Å². The standard InChI is InChI=1S/C14H26N2/c1-3-15-10-12(2)11-16-9-8-13-6-4-5-7-14(13)16/h13-15H,2-11H2,1H3. The van der Waals surface area contributed by atoms with E-state index in [4.69, 9.17) is 0 Å². The number of likely N-dealkylation sites (N-methyl/N-ethyl adjacent to an activating group) is 1. The molecule has 92 valence electrons. The van der Waals surface area contributed by atoms with Gasteiger partial charge in [0.15, 0.2) is 0 Å². The minimum atomic E-state index is 0.882. The predicted octanol–water partition coefficient (Wildman–Crippen LogP) is 2.42. The van der Waals surface area contributed by atoms with Crippen LogP contribution in [0.1, 0.15) is 39.0 Å². The lowest BCUT2D eigenvalue weighted by atomic mass is 9.85. The highest BCUT2D eigenvalue weighted by atomic mass is 15.2. The van der Waals surface area contributed by atoms with Crippen molar-refractivity contribution in [2.24, 2.45) is 5.92 Å². The van der Waals surface area contributed by atoms with Crippen LogP contribution in [0.25, 0.3) is 0 Å². The van der Waals surface area contributed by atoms with Crippen LogP contribution in [0.3, 0.4) is 0 Å². The zero-order chi connectivity index (χ0) is 11.4. The smallest absolute Gasteiger partial charge is 0.0205 e. The van der Waals surface area contributed by atoms with Crippen molar-refractivity contribution in [3.05, 3.63) is 12.2 Å². The van der Waals surface area contributed by atoms with E-state index in [2.05, 4.69) is 23.7 Å². The lowest BCUT2D eigenvalue weighted by Gasteiger charge is -2.32. The van der Waals surface area contributed by atoms with Crippen LogP contribution in [0.15, 0.2) is 12.2 Å². The Bertz CT molecular complexity index is 237. The summed E-state index contributed by atoms with van der Waals surface area (Å²) in [7, 11) is 0. The summed E-state index contributed by atoms with van der Waals surface area (Å²) in [5.74, 6) is 1.00. The molecule has 2 heteroatoms. The van der Waals surface area contributed by atoms with Gasteiger partial charge < -0.3 is 5.32 Å². The Morgan fingerprint density at radius 2 is 2.12 bits per heavy atom. The van der Waals surface area contributed by atoms with E-state index >= 15 is 0 Å². The summed E-state index contributed by atoms with van der Waals surface area (Å²) < 4.78 is 0. The summed E-state index contributed by atoms with van der Waals surface area (Å²) in [5.41, 5.74) is 1.35. The second-order valence-corrected chi connectivity index (χ2v) is 5.40. The zero-order valence-electron chi connectivity index (χ0n) is 10.7. The number of nitrogens with one attached hydrogen (secondary N) is 1. The van der Waals surface area contributed by atoms with E-state index in [1.54, 1.807) is 0 Å². The summed E-state index contributed by atoms with van der Waals surface area (Å²) in [5, 5.41) is 3.37. The van der Waals surface area contributed by atoms with Crippen molar-refractivity contribution in [3.63, 3.8) is 0 Å². The van der Waals surface area contributed by atoms with Crippen molar-refractivity contribution >= 4 is 0 Å². The molecule has 1 saturated carbocycles. The molecule has 0 radical (unpaired) electrons. The molecule has 1 aliphatic carbocycles. The van der Waals surface area contributed by atoms with Crippen LogP contribution in [0.4, 0.5) is 0 Å². The normalized spacial score (nSPS) is 30.3. The first-order valence-corrected chi connectivity index (χ1v) is 6.92. The molecule has 1 heterocycles. The molecular formula is C14H26N2. The Labute approximate surface area is 100 Å². The molecule has 0 aromatic rings. The summed E-state index contributed by atoms with van der Waals surface area (Å²) >= 11 is 0. The number of rotatable bonds is 5. The van der Waals surface area contributed by atoms with Gasteiger partial charge in [-0.3, -0.25) is 4.90 Å². The summed E-state index contributed by atoms with van der Waals surface area (Å²) in [6, 6.07) is 0.882. The first-order chi connectivity index (χ1) is 7.81. The fraction of sp³-hybridized carbons (Fsp3) is 0.857. The molecule has 2 atom stereocenters. The summed E-state index contributed by atoms with van der Waals surface area (Å²) in [4.78, 5) is 2.68. The second-order valence-electron chi connectivity index (χ2n) is 5.40. The molecule has 1 aliphatic heterocycles. The third-order valence-corrected chi connectivity index (χ3v) is 4.18. The van der Waals surface area contributed by atoms with Crippen LogP contribution >= 0.6 is 0 Å². The van der Waals surface area contributed by atoms with Gasteiger partial charge in [-0.15, -0.1) is 0 Å². The Kier molecular flexibility index (Phi) is 4.42. The molecule has 2 unspecified atom stereocenters. The molecule has 2 aliphatic rings. The Morgan fingerprint density at radius 1 is 1.31 bits per heavy atom. The van der Waals surface area contributed by atoms with Gasteiger partial charge in [-0.1, -0.05) is 26.3 Å². The van der Waals surface area contributed by atoms with Crippen molar-refractivity contribution < 1.29 is 0 Å². The summed E-state index contributed by atoms with van der Waals surface area (Å²) in [6.45, 7) is 10.8. The molecule has 0 aromatic carbocycles. The highest BCUT2D eigenvalue weighted by Crippen LogP contribution is 2.36. The number of hydrogen-bond donors (Lipinski definition) is 1. The van der Waals surface area contributed by atoms with Gasteiger partial charge in [-0.05, 0) is 43.8 Å². The number of fused-ring (bicyclic) bond motifs is 1. The van der Waals surface area contributed by atoms with Gasteiger partial charge >= 0.3 is 0 Å². The molecule has 1 saturated heterocycles. The average molecular weight is 222 g/mol. The minimum absolute atomic E-state index is 0.882. The molecule has 2 rings (SSSR count). The number of likely N-dealkylation sites (tertiary alicyclic amines) is 1. The number of hydrogen-bond acceptors (Lipinski definition) is 2. The van der Waals surface area contributed by atoms with E-state index in [0.29, 0.717) is 0 Å². The minimum Gasteiger partial charge on any atom is -0.313 e. The average Bonchev–Trinajstić information content (AvgIpc) is 2.70. The van der Waals surface area contributed by atoms with Crippen LogP contribution in [-0.4, -0.2) is 37.1 Å².